The molecular weight excluding hydrogens is 182 g/mol. The number of nitrogens with zero attached hydrogens (tertiary/aromatic N) is 1. The predicted molar refractivity (Wildman–Crippen MR) is 53.2 cm³/mol. The van der Waals surface area contributed by atoms with E-state index in [9.17, 15) is 10.1 Å². The average Bonchev–Trinajstić information content (AvgIpc) is 2.19. The monoisotopic (exact) mass is 195 g/mol. The third kappa shape index (κ3) is 2.27. The van der Waals surface area contributed by atoms with Gasteiger partial charge >= 0.3 is 0 Å². The van der Waals surface area contributed by atoms with Crippen molar-refractivity contribution in [1.82, 2.24) is 0 Å². The molecule has 2 unspecified atom stereocenters. The molecule has 2 atom stereocenters. The van der Waals surface area contributed by atoms with Crippen LogP contribution in [0.4, 0.5) is 0 Å². The van der Waals surface area contributed by atoms with Crippen LogP contribution >= 0.6 is 0 Å². The summed E-state index contributed by atoms with van der Waals surface area (Å²) in [6.45, 7) is 0.0978. The van der Waals surface area contributed by atoms with Crippen molar-refractivity contribution in [1.29, 1.82) is 0 Å². The van der Waals surface area contributed by atoms with Gasteiger partial charge in [0.25, 0.3) is 6.04 Å². The van der Waals surface area contributed by atoms with Crippen LogP contribution in [0.2, 0.25) is 0 Å². The number of benzene rings is 1. The Bertz CT molecular complexity index is 302. The molecule has 0 amide bonds. The predicted octanol–water partition coefficient (Wildman–Crippen LogP) is 0.290. The van der Waals surface area contributed by atoms with Gasteiger partial charge < -0.3 is 11.5 Å². The van der Waals surface area contributed by atoms with Gasteiger partial charge in [-0.25, -0.2) is 0 Å². The first-order valence-electron chi connectivity index (χ1n) is 4.31. The van der Waals surface area contributed by atoms with Gasteiger partial charge in [0.1, 0.15) is 0 Å². The molecule has 1 aromatic carbocycles. The topological polar surface area (TPSA) is 95.2 Å². The summed E-state index contributed by atoms with van der Waals surface area (Å²) in [5.74, 6) is 0. The van der Waals surface area contributed by atoms with Gasteiger partial charge in [-0.1, -0.05) is 30.3 Å². The summed E-state index contributed by atoms with van der Waals surface area (Å²) < 4.78 is 0. The molecule has 5 heteroatoms. The van der Waals surface area contributed by atoms with Gasteiger partial charge in [-0.05, 0) is 0 Å². The lowest BCUT2D eigenvalue weighted by Crippen LogP contribution is -2.39. The van der Waals surface area contributed by atoms with E-state index in [1.165, 1.54) is 0 Å². The number of nitro groups is 1. The van der Waals surface area contributed by atoms with Crippen LogP contribution in [0.5, 0.6) is 0 Å². The molecule has 0 aromatic heterocycles. The Morgan fingerprint density at radius 3 is 2.36 bits per heavy atom. The maximum atomic E-state index is 10.8. The highest BCUT2D eigenvalue weighted by atomic mass is 16.6. The van der Waals surface area contributed by atoms with E-state index in [0.717, 1.165) is 0 Å². The van der Waals surface area contributed by atoms with Crippen LogP contribution in [0.1, 0.15) is 11.6 Å². The molecule has 4 N–H and O–H groups in total. The van der Waals surface area contributed by atoms with Crippen LogP contribution in [-0.4, -0.2) is 17.5 Å². The second-order valence-corrected chi connectivity index (χ2v) is 3.04. The van der Waals surface area contributed by atoms with E-state index < -0.39 is 17.0 Å². The van der Waals surface area contributed by atoms with Crippen molar-refractivity contribution in [2.24, 2.45) is 11.5 Å². The zero-order valence-corrected chi connectivity index (χ0v) is 7.67. The van der Waals surface area contributed by atoms with Gasteiger partial charge in [-0.2, -0.15) is 0 Å². The van der Waals surface area contributed by atoms with Crippen molar-refractivity contribution >= 4 is 0 Å². The number of hydrogen-bond donors (Lipinski definition) is 2. The molecule has 0 fully saturated rings. The zero-order valence-electron chi connectivity index (χ0n) is 7.67. The van der Waals surface area contributed by atoms with Crippen molar-refractivity contribution in [3.8, 4) is 0 Å². The lowest BCUT2D eigenvalue weighted by molar-refractivity contribution is -0.532. The summed E-state index contributed by atoms with van der Waals surface area (Å²) in [6, 6.07) is 7.10. The average molecular weight is 195 g/mol. The summed E-state index contributed by atoms with van der Waals surface area (Å²) in [5, 5.41) is 10.8. The van der Waals surface area contributed by atoms with E-state index in [2.05, 4.69) is 0 Å². The molecule has 0 aliphatic carbocycles. The highest BCUT2D eigenvalue weighted by Crippen LogP contribution is 2.18. The molecule has 0 aliphatic rings. The first-order chi connectivity index (χ1) is 6.66. The Hall–Kier alpha value is -1.46. The molecule has 1 aromatic rings. The quantitative estimate of drug-likeness (QED) is 0.533. The molecule has 0 bridgehead atoms. The van der Waals surface area contributed by atoms with Crippen molar-refractivity contribution in [2.45, 2.75) is 12.1 Å². The molecule has 0 heterocycles. The van der Waals surface area contributed by atoms with Crippen molar-refractivity contribution < 1.29 is 4.92 Å². The van der Waals surface area contributed by atoms with E-state index in [1.54, 1.807) is 30.3 Å². The molecule has 1 rings (SSSR count). The maximum Gasteiger partial charge on any atom is 0.254 e. The molecular formula is C9H13N3O2. The van der Waals surface area contributed by atoms with Crippen LogP contribution in [-0.2, 0) is 0 Å². The SMILES string of the molecule is NCC(N)C(c1ccccc1)[N+](=O)[O-]. The third-order valence-electron chi connectivity index (χ3n) is 2.05. The van der Waals surface area contributed by atoms with Crippen LogP contribution in [0.15, 0.2) is 30.3 Å². The zero-order chi connectivity index (χ0) is 10.6. The highest BCUT2D eigenvalue weighted by molar-refractivity contribution is 5.18. The normalized spacial score (nSPS) is 14.7. The molecule has 0 aliphatic heterocycles. The smallest absolute Gasteiger partial charge is 0.254 e. The highest BCUT2D eigenvalue weighted by Gasteiger charge is 2.28. The van der Waals surface area contributed by atoms with E-state index in [1.807, 2.05) is 0 Å². The summed E-state index contributed by atoms with van der Waals surface area (Å²) in [6.07, 6.45) is 0. The Kier molecular flexibility index (Phi) is 3.55. The van der Waals surface area contributed by atoms with Gasteiger partial charge in [-0.15, -0.1) is 0 Å². The van der Waals surface area contributed by atoms with Gasteiger partial charge in [0.2, 0.25) is 0 Å². The van der Waals surface area contributed by atoms with E-state index in [0.29, 0.717) is 5.56 Å². The van der Waals surface area contributed by atoms with Crippen molar-refractivity contribution in [3.63, 3.8) is 0 Å². The lowest BCUT2D eigenvalue weighted by Gasteiger charge is -2.14. The van der Waals surface area contributed by atoms with Gasteiger partial charge in [0.15, 0.2) is 0 Å². The van der Waals surface area contributed by atoms with Crippen LogP contribution < -0.4 is 11.5 Å². The number of nitrogens with two attached hydrogens (primary N) is 2. The Balaban J connectivity index is 2.95. The van der Waals surface area contributed by atoms with Crippen molar-refractivity contribution in [2.75, 3.05) is 6.54 Å². The Morgan fingerprint density at radius 1 is 1.36 bits per heavy atom. The molecule has 0 spiro atoms. The summed E-state index contributed by atoms with van der Waals surface area (Å²) >= 11 is 0. The fourth-order valence-electron chi connectivity index (χ4n) is 1.30. The second kappa shape index (κ2) is 4.69. The maximum absolute atomic E-state index is 10.8. The first-order valence-corrected chi connectivity index (χ1v) is 4.31. The standard InChI is InChI=1S/C9H13N3O2/c10-6-8(11)9(12(13)14)7-4-2-1-3-5-7/h1-5,8-9H,6,10-11H2. The fourth-order valence-corrected chi connectivity index (χ4v) is 1.30. The van der Waals surface area contributed by atoms with E-state index in [-0.39, 0.29) is 6.54 Å². The minimum Gasteiger partial charge on any atom is -0.329 e. The van der Waals surface area contributed by atoms with E-state index >= 15 is 0 Å². The van der Waals surface area contributed by atoms with Crippen LogP contribution in [0, 0.1) is 10.1 Å². The minimum atomic E-state index is -0.916. The minimum absolute atomic E-state index is 0.0978. The van der Waals surface area contributed by atoms with Gasteiger partial charge in [0.05, 0.1) is 6.04 Å². The van der Waals surface area contributed by atoms with Crippen molar-refractivity contribution in [3.05, 3.63) is 46.0 Å². The van der Waals surface area contributed by atoms with Crippen LogP contribution in [0.3, 0.4) is 0 Å². The molecule has 14 heavy (non-hydrogen) atoms. The fraction of sp³-hybridized carbons (Fsp3) is 0.333. The Morgan fingerprint density at radius 2 is 1.93 bits per heavy atom. The summed E-state index contributed by atoms with van der Waals surface area (Å²) in [7, 11) is 0. The molecule has 0 saturated carbocycles. The molecule has 5 nitrogen and oxygen atoms in total. The third-order valence-corrected chi connectivity index (χ3v) is 2.05. The number of hydrogen-bond acceptors (Lipinski definition) is 4. The largest absolute Gasteiger partial charge is 0.329 e. The summed E-state index contributed by atoms with van der Waals surface area (Å²) in [5.41, 5.74) is 11.5. The number of rotatable bonds is 4. The van der Waals surface area contributed by atoms with E-state index in [4.69, 9.17) is 11.5 Å². The van der Waals surface area contributed by atoms with Gasteiger partial charge in [-0.3, -0.25) is 10.1 Å². The first kappa shape index (κ1) is 10.6. The molecule has 0 saturated heterocycles. The van der Waals surface area contributed by atoms with Crippen LogP contribution in [0.25, 0.3) is 0 Å². The van der Waals surface area contributed by atoms with Gasteiger partial charge in [0, 0.05) is 17.0 Å². The Labute approximate surface area is 81.9 Å². The lowest BCUT2D eigenvalue weighted by atomic mass is 10.0. The molecule has 0 radical (unpaired) electrons. The second-order valence-electron chi connectivity index (χ2n) is 3.04. The summed E-state index contributed by atoms with van der Waals surface area (Å²) in [4.78, 5) is 10.4. The molecule has 76 valence electrons.